The standard InChI is InChI=1S/C27H47N3O4/c1-10-11-17-12-13-18-21(20(17)23(32)28-9)25(34)30(19(14-31)16(2)3)22(18)24(33)29-27(7,8)15-26(4,5)6/h12-13,16-22,31H,10-11,14-15H2,1-9H3,(H,28,32)(H,29,33)/t17-,18+,19+,20-,21-,22+/m1/s1. The molecule has 3 amide bonds. The molecule has 0 spiro atoms. The maximum atomic E-state index is 14.0. The van der Waals surface area contributed by atoms with Crippen LogP contribution in [0.5, 0.6) is 0 Å². The van der Waals surface area contributed by atoms with Gasteiger partial charge in [0.25, 0.3) is 0 Å². The van der Waals surface area contributed by atoms with E-state index in [-0.39, 0.29) is 41.6 Å². The average Bonchev–Trinajstić information content (AvgIpc) is 2.98. The fourth-order valence-corrected chi connectivity index (χ4v) is 6.33. The molecular formula is C27H47N3O4. The number of aliphatic hydroxyl groups is 1. The predicted octanol–water partition coefficient (Wildman–Crippen LogP) is 3.13. The topological polar surface area (TPSA) is 98.7 Å². The number of hydrogen-bond donors (Lipinski definition) is 3. The highest BCUT2D eigenvalue weighted by molar-refractivity contribution is 5.97. The zero-order valence-electron chi connectivity index (χ0n) is 22.6. The molecule has 7 nitrogen and oxygen atoms in total. The monoisotopic (exact) mass is 477 g/mol. The number of amides is 3. The molecule has 7 heteroatoms. The Morgan fingerprint density at radius 3 is 2.21 bits per heavy atom. The van der Waals surface area contributed by atoms with Crippen molar-refractivity contribution < 1.29 is 19.5 Å². The van der Waals surface area contributed by atoms with Crippen molar-refractivity contribution in [2.45, 2.75) is 92.3 Å². The molecule has 34 heavy (non-hydrogen) atoms. The molecule has 1 aliphatic carbocycles. The lowest BCUT2D eigenvalue weighted by Gasteiger charge is -2.39. The van der Waals surface area contributed by atoms with E-state index in [2.05, 4.69) is 38.3 Å². The van der Waals surface area contributed by atoms with Crippen LogP contribution in [0.4, 0.5) is 0 Å². The molecule has 0 unspecified atom stereocenters. The van der Waals surface area contributed by atoms with Crippen LogP contribution in [-0.2, 0) is 14.4 Å². The van der Waals surface area contributed by atoms with Gasteiger partial charge < -0.3 is 20.6 Å². The minimum absolute atomic E-state index is 0.0124. The fraction of sp³-hybridized carbons (Fsp3) is 0.815. The van der Waals surface area contributed by atoms with Crippen molar-refractivity contribution in [3.05, 3.63) is 12.2 Å². The molecule has 0 radical (unpaired) electrons. The van der Waals surface area contributed by atoms with Gasteiger partial charge in [0, 0.05) is 18.5 Å². The lowest BCUT2D eigenvalue weighted by molar-refractivity contribution is -0.144. The fourth-order valence-electron chi connectivity index (χ4n) is 6.33. The van der Waals surface area contributed by atoms with Crippen LogP contribution < -0.4 is 10.6 Å². The van der Waals surface area contributed by atoms with E-state index in [9.17, 15) is 19.5 Å². The second-order valence-corrected chi connectivity index (χ2v) is 12.4. The number of carbonyl (C=O) groups is 3. The van der Waals surface area contributed by atoms with Crippen LogP contribution in [-0.4, -0.2) is 59.0 Å². The highest BCUT2D eigenvalue weighted by Gasteiger charge is 2.59. The Bertz CT molecular complexity index is 783. The van der Waals surface area contributed by atoms with E-state index in [0.717, 1.165) is 19.3 Å². The van der Waals surface area contributed by atoms with Crippen molar-refractivity contribution in [2.75, 3.05) is 13.7 Å². The molecule has 194 valence electrons. The molecule has 2 aliphatic rings. The van der Waals surface area contributed by atoms with E-state index in [1.54, 1.807) is 11.9 Å². The maximum absolute atomic E-state index is 14.0. The lowest BCUT2D eigenvalue weighted by Crippen LogP contribution is -2.57. The molecule has 1 saturated heterocycles. The third-order valence-corrected chi connectivity index (χ3v) is 7.23. The van der Waals surface area contributed by atoms with E-state index >= 15 is 0 Å². The van der Waals surface area contributed by atoms with Crippen molar-refractivity contribution in [3.63, 3.8) is 0 Å². The molecule has 0 aromatic heterocycles. The van der Waals surface area contributed by atoms with Crippen molar-refractivity contribution in [1.29, 1.82) is 0 Å². The third kappa shape index (κ3) is 6.02. The van der Waals surface area contributed by atoms with Gasteiger partial charge in [0.15, 0.2) is 0 Å². The first-order valence-electron chi connectivity index (χ1n) is 12.8. The average molecular weight is 478 g/mol. The normalized spacial score (nSPS) is 28.1. The molecule has 0 aromatic rings. The van der Waals surface area contributed by atoms with Crippen LogP contribution >= 0.6 is 0 Å². The van der Waals surface area contributed by atoms with Gasteiger partial charge in [-0.3, -0.25) is 14.4 Å². The Labute approximate surface area is 206 Å². The Hall–Kier alpha value is -1.89. The second-order valence-electron chi connectivity index (χ2n) is 12.4. The Morgan fingerprint density at radius 2 is 1.74 bits per heavy atom. The summed E-state index contributed by atoms with van der Waals surface area (Å²) in [5.74, 6) is -2.23. The Balaban J connectivity index is 2.55. The largest absolute Gasteiger partial charge is 0.394 e. The number of fused-ring (bicyclic) bond motifs is 1. The molecule has 0 saturated carbocycles. The lowest BCUT2D eigenvalue weighted by atomic mass is 9.68. The molecule has 1 fully saturated rings. The van der Waals surface area contributed by atoms with Crippen molar-refractivity contribution >= 4 is 17.7 Å². The molecule has 6 atom stereocenters. The van der Waals surface area contributed by atoms with Crippen LogP contribution in [0.3, 0.4) is 0 Å². The molecule has 1 aliphatic heterocycles. The summed E-state index contributed by atoms with van der Waals surface area (Å²) in [4.78, 5) is 42.4. The summed E-state index contributed by atoms with van der Waals surface area (Å²) in [6.45, 7) is 16.1. The summed E-state index contributed by atoms with van der Waals surface area (Å²) < 4.78 is 0. The number of nitrogens with one attached hydrogen (secondary N) is 2. The van der Waals surface area contributed by atoms with Gasteiger partial charge in [-0.1, -0.05) is 60.1 Å². The Kier molecular flexibility index (Phi) is 9.00. The van der Waals surface area contributed by atoms with E-state index in [4.69, 9.17) is 0 Å². The van der Waals surface area contributed by atoms with Gasteiger partial charge in [-0.15, -0.1) is 0 Å². The van der Waals surface area contributed by atoms with Crippen molar-refractivity contribution in [1.82, 2.24) is 15.5 Å². The van der Waals surface area contributed by atoms with Gasteiger partial charge in [-0.25, -0.2) is 0 Å². The first-order valence-corrected chi connectivity index (χ1v) is 12.8. The SMILES string of the molecule is CCC[C@@H]1C=C[C@H]2[C@@H](C(=O)N([C@@H](CO)C(C)C)[C@@H]2C(=O)NC(C)(C)CC(C)(C)C)[C@@H]1C(=O)NC. The number of allylic oxidation sites excluding steroid dienone is 1. The smallest absolute Gasteiger partial charge is 0.243 e. The van der Waals surface area contributed by atoms with E-state index < -0.39 is 35.4 Å². The van der Waals surface area contributed by atoms with E-state index in [0.29, 0.717) is 0 Å². The number of nitrogens with zero attached hydrogens (tertiary/aromatic N) is 1. The van der Waals surface area contributed by atoms with Crippen LogP contribution in [0.1, 0.15) is 74.7 Å². The van der Waals surface area contributed by atoms with E-state index in [1.165, 1.54) is 0 Å². The Morgan fingerprint density at radius 1 is 1.12 bits per heavy atom. The van der Waals surface area contributed by atoms with Gasteiger partial charge >= 0.3 is 0 Å². The molecule has 3 N–H and O–H groups in total. The summed E-state index contributed by atoms with van der Waals surface area (Å²) in [7, 11) is 1.60. The van der Waals surface area contributed by atoms with Crippen LogP contribution in [0.15, 0.2) is 12.2 Å². The third-order valence-electron chi connectivity index (χ3n) is 7.23. The maximum Gasteiger partial charge on any atom is 0.243 e. The highest BCUT2D eigenvalue weighted by atomic mass is 16.3. The zero-order chi connectivity index (χ0) is 26.0. The predicted molar refractivity (Wildman–Crippen MR) is 135 cm³/mol. The molecule has 2 rings (SSSR count). The summed E-state index contributed by atoms with van der Waals surface area (Å²) in [5, 5.41) is 16.2. The molecule has 1 heterocycles. The van der Waals surface area contributed by atoms with Gasteiger partial charge in [0.1, 0.15) is 6.04 Å². The first-order chi connectivity index (χ1) is 15.7. The highest BCUT2D eigenvalue weighted by Crippen LogP contribution is 2.46. The first kappa shape index (κ1) is 28.3. The van der Waals surface area contributed by atoms with Gasteiger partial charge in [0.05, 0.1) is 24.5 Å². The van der Waals surface area contributed by atoms with Crippen molar-refractivity contribution in [3.8, 4) is 0 Å². The summed E-state index contributed by atoms with van der Waals surface area (Å²) in [6.07, 6.45) is 6.48. The van der Waals surface area contributed by atoms with Gasteiger partial charge in [0.2, 0.25) is 17.7 Å². The summed E-state index contributed by atoms with van der Waals surface area (Å²) in [5.41, 5.74) is -0.462. The minimum Gasteiger partial charge on any atom is -0.394 e. The summed E-state index contributed by atoms with van der Waals surface area (Å²) in [6, 6.07) is -1.26. The van der Waals surface area contributed by atoms with Crippen LogP contribution in [0.2, 0.25) is 0 Å². The van der Waals surface area contributed by atoms with Gasteiger partial charge in [-0.2, -0.15) is 0 Å². The number of likely N-dealkylation sites (tertiary alicyclic amines) is 1. The van der Waals surface area contributed by atoms with Crippen LogP contribution in [0.25, 0.3) is 0 Å². The van der Waals surface area contributed by atoms with Crippen molar-refractivity contribution in [2.24, 2.45) is 35.0 Å². The van der Waals surface area contributed by atoms with Crippen LogP contribution in [0, 0.1) is 35.0 Å². The number of hydrogen-bond acceptors (Lipinski definition) is 4. The number of carbonyl (C=O) groups excluding carboxylic acids is 3. The molecule has 0 bridgehead atoms. The molecule has 0 aromatic carbocycles. The number of aliphatic hydroxyl groups excluding tert-OH is 1. The molecular weight excluding hydrogens is 430 g/mol. The quantitative estimate of drug-likeness (QED) is 0.444. The second kappa shape index (κ2) is 10.8. The number of rotatable bonds is 9. The minimum atomic E-state index is -0.762. The van der Waals surface area contributed by atoms with Gasteiger partial charge in [-0.05, 0) is 43.9 Å². The van der Waals surface area contributed by atoms with E-state index in [1.807, 2.05) is 39.8 Å². The zero-order valence-corrected chi connectivity index (χ0v) is 22.6. The summed E-state index contributed by atoms with van der Waals surface area (Å²) >= 11 is 0.